The average Bonchev–Trinajstić information content (AvgIpc) is 2.61. The Balaban J connectivity index is 1.79. The zero-order valence-corrected chi connectivity index (χ0v) is 9.61. The predicted octanol–water partition coefficient (Wildman–Crippen LogP) is -0.627. The first kappa shape index (κ1) is 11.4. The van der Waals surface area contributed by atoms with Gasteiger partial charge in [-0.1, -0.05) is 5.92 Å². The summed E-state index contributed by atoms with van der Waals surface area (Å²) in [5.74, 6) is 3.24. The van der Waals surface area contributed by atoms with Gasteiger partial charge in [-0.05, 0) is 5.92 Å². The van der Waals surface area contributed by atoms with Crippen molar-refractivity contribution in [1.82, 2.24) is 15.1 Å². The van der Waals surface area contributed by atoms with Gasteiger partial charge < -0.3 is 15.1 Å². The lowest BCUT2D eigenvalue weighted by Gasteiger charge is -2.29. The van der Waals surface area contributed by atoms with Gasteiger partial charge in [0, 0.05) is 45.7 Å². The van der Waals surface area contributed by atoms with Crippen LogP contribution in [0, 0.1) is 18.3 Å². The zero-order valence-electron chi connectivity index (χ0n) is 9.61. The minimum absolute atomic E-state index is 0.220. The van der Waals surface area contributed by atoms with E-state index in [-0.39, 0.29) is 5.91 Å². The highest BCUT2D eigenvalue weighted by Crippen LogP contribution is 2.18. The lowest BCUT2D eigenvalue weighted by atomic mass is 10.1. The number of nitrogens with zero attached hydrogens (tertiary/aromatic N) is 2. The monoisotopic (exact) mass is 221 g/mol. The highest BCUT2D eigenvalue weighted by Gasteiger charge is 2.30. The summed E-state index contributed by atoms with van der Waals surface area (Å²) in [4.78, 5) is 15.9. The lowest BCUT2D eigenvalue weighted by Crippen LogP contribution is -2.45. The highest BCUT2D eigenvalue weighted by atomic mass is 16.2. The molecule has 1 amide bonds. The first-order chi connectivity index (χ1) is 7.79. The van der Waals surface area contributed by atoms with E-state index in [0.29, 0.717) is 18.9 Å². The van der Waals surface area contributed by atoms with E-state index < -0.39 is 0 Å². The van der Waals surface area contributed by atoms with E-state index in [0.717, 1.165) is 39.3 Å². The number of hydrogen-bond donors (Lipinski definition) is 1. The molecular weight excluding hydrogens is 202 g/mol. The maximum Gasteiger partial charge on any atom is 0.223 e. The molecule has 0 spiro atoms. The number of terminal acetylenes is 1. The minimum Gasteiger partial charge on any atom is -0.331 e. The number of likely N-dealkylation sites (tertiary alicyclic amines) is 1. The molecule has 0 aromatic heterocycles. The third-order valence-corrected chi connectivity index (χ3v) is 3.30. The Kier molecular flexibility index (Phi) is 3.81. The van der Waals surface area contributed by atoms with Crippen molar-refractivity contribution in [3.8, 4) is 12.3 Å². The molecule has 0 saturated carbocycles. The van der Waals surface area contributed by atoms with E-state index in [1.165, 1.54) is 0 Å². The van der Waals surface area contributed by atoms with Gasteiger partial charge in [0.15, 0.2) is 0 Å². The number of carbonyl (C=O) groups is 1. The maximum absolute atomic E-state index is 11.6. The minimum atomic E-state index is 0.220. The van der Waals surface area contributed by atoms with E-state index in [4.69, 9.17) is 6.42 Å². The van der Waals surface area contributed by atoms with E-state index in [1.54, 1.807) is 4.90 Å². The van der Waals surface area contributed by atoms with Crippen LogP contribution in [0.4, 0.5) is 0 Å². The molecule has 0 aromatic rings. The van der Waals surface area contributed by atoms with Crippen LogP contribution in [0.2, 0.25) is 0 Å². The lowest BCUT2D eigenvalue weighted by molar-refractivity contribution is -0.127. The zero-order chi connectivity index (χ0) is 11.4. The summed E-state index contributed by atoms with van der Waals surface area (Å²) in [6.07, 6.45) is 5.91. The SMILES string of the molecule is C#CCN1CC(CN2CCNCC2)CC1=O. The summed E-state index contributed by atoms with van der Waals surface area (Å²) >= 11 is 0. The number of hydrogen-bond acceptors (Lipinski definition) is 3. The third-order valence-electron chi connectivity index (χ3n) is 3.30. The van der Waals surface area contributed by atoms with E-state index in [1.807, 2.05) is 0 Å². The standard InChI is InChI=1S/C12H19N3O/c1-2-5-15-10-11(8-12(15)16)9-14-6-3-13-4-7-14/h1,11,13H,3-10H2. The first-order valence-electron chi connectivity index (χ1n) is 5.94. The molecule has 2 saturated heterocycles. The molecule has 1 atom stereocenters. The molecule has 2 rings (SSSR count). The number of carbonyl (C=O) groups excluding carboxylic acids is 1. The largest absolute Gasteiger partial charge is 0.331 e. The van der Waals surface area contributed by atoms with Gasteiger partial charge in [-0.25, -0.2) is 0 Å². The molecule has 88 valence electrons. The molecule has 16 heavy (non-hydrogen) atoms. The number of amides is 1. The topological polar surface area (TPSA) is 35.6 Å². The van der Waals surface area contributed by atoms with E-state index in [2.05, 4.69) is 16.1 Å². The van der Waals surface area contributed by atoms with Crippen LogP contribution in [0.3, 0.4) is 0 Å². The second-order valence-corrected chi connectivity index (χ2v) is 4.60. The maximum atomic E-state index is 11.6. The van der Waals surface area contributed by atoms with Crippen molar-refractivity contribution < 1.29 is 4.79 Å². The van der Waals surface area contributed by atoms with Crippen molar-refractivity contribution in [2.75, 3.05) is 45.8 Å². The number of nitrogens with one attached hydrogen (secondary N) is 1. The fourth-order valence-corrected chi connectivity index (χ4v) is 2.50. The second-order valence-electron chi connectivity index (χ2n) is 4.60. The van der Waals surface area contributed by atoms with Gasteiger partial charge in [0.05, 0.1) is 6.54 Å². The summed E-state index contributed by atoms with van der Waals surface area (Å²) < 4.78 is 0. The Labute approximate surface area is 97.0 Å². The van der Waals surface area contributed by atoms with Crippen molar-refractivity contribution in [2.45, 2.75) is 6.42 Å². The van der Waals surface area contributed by atoms with Gasteiger partial charge in [-0.3, -0.25) is 4.79 Å². The fraction of sp³-hybridized carbons (Fsp3) is 0.750. The molecule has 0 radical (unpaired) electrons. The number of rotatable bonds is 3. The van der Waals surface area contributed by atoms with Gasteiger partial charge >= 0.3 is 0 Å². The Morgan fingerprint density at radius 3 is 2.88 bits per heavy atom. The molecule has 2 fully saturated rings. The van der Waals surface area contributed by atoms with Crippen LogP contribution in [0.5, 0.6) is 0 Å². The molecule has 0 aliphatic carbocycles. The smallest absolute Gasteiger partial charge is 0.223 e. The Bertz CT molecular complexity index is 291. The molecule has 2 heterocycles. The van der Waals surface area contributed by atoms with Crippen LogP contribution in [-0.2, 0) is 4.79 Å². The van der Waals surface area contributed by atoms with Crippen molar-refractivity contribution in [1.29, 1.82) is 0 Å². The van der Waals surface area contributed by atoms with Crippen LogP contribution in [0.1, 0.15) is 6.42 Å². The van der Waals surface area contributed by atoms with Crippen molar-refractivity contribution >= 4 is 5.91 Å². The van der Waals surface area contributed by atoms with Gasteiger partial charge in [-0.15, -0.1) is 6.42 Å². The highest BCUT2D eigenvalue weighted by molar-refractivity contribution is 5.78. The van der Waals surface area contributed by atoms with Crippen LogP contribution in [-0.4, -0.2) is 61.5 Å². The molecule has 4 nitrogen and oxygen atoms in total. The predicted molar refractivity (Wildman–Crippen MR) is 62.8 cm³/mol. The molecule has 2 aliphatic rings. The van der Waals surface area contributed by atoms with Gasteiger partial charge in [-0.2, -0.15) is 0 Å². The normalized spacial score (nSPS) is 27.1. The average molecular weight is 221 g/mol. The second kappa shape index (κ2) is 5.33. The summed E-state index contributed by atoms with van der Waals surface area (Å²) in [5.41, 5.74) is 0. The van der Waals surface area contributed by atoms with Crippen LogP contribution in [0.15, 0.2) is 0 Å². The van der Waals surface area contributed by atoms with Crippen LogP contribution in [0.25, 0.3) is 0 Å². The Morgan fingerprint density at radius 1 is 1.44 bits per heavy atom. The molecule has 2 aliphatic heterocycles. The molecular formula is C12H19N3O. The summed E-state index contributed by atoms with van der Waals surface area (Å²) in [7, 11) is 0. The summed E-state index contributed by atoms with van der Waals surface area (Å²) in [6, 6.07) is 0. The van der Waals surface area contributed by atoms with Gasteiger partial charge in [0.25, 0.3) is 0 Å². The molecule has 4 heteroatoms. The van der Waals surface area contributed by atoms with Crippen molar-refractivity contribution in [3.05, 3.63) is 0 Å². The summed E-state index contributed by atoms with van der Waals surface area (Å²) in [6.45, 7) is 6.67. The Morgan fingerprint density at radius 2 is 2.19 bits per heavy atom. The molecule has 1 unspecified atom stereocenters. The van der Waals surface area contributed by atoms with E-state index in [9.17, 15) is 4.79 Å². The van der Waals surface area contributed by atoms with Gasteiger partial charge in [0.1, 0.15) is 0 Å². The molecule has 0 aromatic carbocycles. The third kappa shape index (κ3) is 2.75. The first-order valence-corrected chi connectivity index (χ1v) is 5.94. The molecule has 1 N–H and O–H groups in total. The van der Waals surface area contributed by atoms with Crippen molar-refractivity contribution in [2.24, 2.45) is 5.92 Å². The van der Waals surface area contributed by atoms with Gasteiger partial charge in [0.2, 0.25) is 5.91 Å². The van der Waals surface area contributed by atoms with Crippen LogP contribution >= 0.6 is 0 Å². The Hall–Kier alpha value is -1.05. The van der Waals surface area contributed by atoms with Crippen molar-refractivity contribution in [3.63, 3.8) is 0 Å². The van der Waals surface area contributed by atoms with E-state index >= 15 is 0 Å². The fourth-order valence-electron chi connectivity index (χ4n) is 2.50. The molecule has 0 bridgehead atoms. The van der Waals surface area contributed by atoms with Crippen LogP contribution < -0.4 is 5.32 Å². The number of piperazine rings is 1. The summed E-state index contributed by atoms with van der Waals surface area (Å²) in [5, 5.41) is 3.33. The quantitative estimate of drug-likeness (QED) is 0.645.